The molecule has 4 rings (SSSR count). The molecule has 0 spiro atoms. The molecule has 7 heteroatoms. The van der Waals surface area contributed by atoms with Crippen LogP contribution in [-0.4, -0.2) is 26.2 Å². The number of benzene rings is 3. The lowest BCUT2D eigenvalue weighted by Gasteiger charge is -2.17. The molecule has 3 aromatic carbocycles. The first-order valence-corrected chi connectivity index (χ1v) is 10.5. The van der Waals surface area contributed by atoms with Crippen molar-refractivity contribution in [1.29, 1.82) is 0 Å². The van der Waals surface area contributed by atoms with Crippen LogP contribution in [-0.2, 0) is 19.0 Å². The van der Waals surface area contributed by atoms with E-state index >= 15 is 0 Å². The van der Waals surface area contributed by atoms with Gasteiger partial charge in [0.2, 0.25) is 0 Å². The van der Waals surface area contributed by atoms with E-state index in [0.717, 1.165) is 10.5 Å². The monoisotopic (exact) mass is 450 g/mol. The van der Waals surface area contributed by atoms with E-state index in [2.05, 4.69) is 0 Å². The Kier molecular flexibility index (Phi) is 6.39. The Labute approximate surface area is 188 Å². The molecule has 0 N–H and O–H groups in total. The number of methoxy groups -OCH3 is 2. The number of hydrogen-bond donors (Lipinski definition) is 0. The van der Waals surface area contributed by atoms with Crippen LogP contribution in [0.5, 0.6) is 0 Å². The van der Waals surface area contributed by atoms with Gasteiger partial charge in [0.05, 0.1) is 12.7 Å². The Hall–Kier alpha value is -3.42. The fourth-order valence-corrected chi connectivity index (χ4v) is 4.42. The highest BCUT2D eigenvalue weighted by molar-refractivity contribution is 7.99. The molecule has 0 aliphatic carbocycles. The number of carbonyl (C=O) groups is 2. The molecule has 32 heavy (non-hydrogen) atoms. The third kappa shape index (κ3) is 4.44. The van der Waals surface area contributed by atoms with Gasteiger partial charge in [-0.1, -0.05) is 48.2 Å². The number of hydrogen-bond acceptors (Lipinski definition) is 6. The third-order valence-electron chi connectivity index (χ3n) is 4.91. The minimum Gasteiger partial charge on any atom is -0.465 e. The zero-order valence-electron chi connectivity index (χ0n) is 17.3. The minimum atomic E-state index is -0.939. The fraction of sp³-hybridized carbons (Fsp3) is 0.120. The van der Waals surface area contributed by atoms with Crippen LogP contribution >= 0.6 is 11.8 Å². The fourth-order valence-electron chi connectivity index (χ4n) is 3.35. The third-order valence-corrected chi connectivity index (χ3v) is 6.06. The Balaban J connectivity index is 1.75. The number of ether oxygens (including phenoxy) is 3. The van der Waals surface area contributed by atoms with E-state index in [1.54, 1.807) is 54.6 Å². The first-order chi connectivity index (χ1) is 15.5. The van der Waals surface area contributed by atoms with Gasteiger partial charge >= 0.3 is 11.9 Å². The average molecular weight is 450 g/mol. The molecule has 1 aliphatic rings. The molecule has 0 bridgehead atoms. The zero-order valence-corrected chi connectivity index (χ0v) is 18.1. The molecule has 162 valence electrons. The molecule has 0 radical (unpaired) electrons. The highest BCUT2D eigenvalue weighted by Crippen LogP contribution is 2.42. The van der Waals surface area contributed by atoms with Crippen LogP contribution in [0.3, 0.4) is 0 Å². The molecule has 0 aromatic heterocycles. The van der Waals surface area contributed by atoms with Gasteiger partial charge in [-0.3, -0.25) is 0 Å². The Morgan fingerprint density at radius 2 is 1.72 bits per heavy atom. The smallest absolute Gasteiger partial charge is 0.345 e. The maximum absolute atomic E-state index is 14.1. The van der Waals surface area contributed by atoms with Crippen molar-refractivity contribution in [2.24, 2.45) is 0 Å². The van der Waals surface area contributed by atoms with Gasteiger partial charge in [0.1, 0.15) is 11.6 Å². The summed E-state index contributed by atoms with van der Waals surface area (Å²) < 4.78 is 30.0. The highest BCUT2D eigenvalue weighted by atomic mass is 32.2. The summed E-state index contributed by atoms with van der Waals surface area (Å²) in [6.45, 7) is 0. The highest BCUT2D eigenvalue weighted by Gasteiger charge is 2.26. The summed E-state index contributed by atoms with van der Waals surface area (Å²) in [7, 11) is 2.74. The molecule has 5 nitrogen and oxygen atoms in total. The van der Waals surface area contributed by atoms with Gasteiger partial charge in [0.25, 0.3) is 0 Å². The van der Waals surface area contributed by atoms with Gasteiger partial charge in [-0.15, -0.1) is 0 Å². The van der Waals surface area contributed by atoms with Gasteiger partial charge in [-0.05, 0) is 47.5 Å². The summed E-state index contributed by atoms with van der Waals surface area (Å²) >= 11 is 1.35. The van der Waals surface area contributed by atoms with Crippen LogP contribution in [0.1, 0.15) is 33.2 Å². The number of rotatable bonds is 5. The topological polar surface area (TPSA) is 61.8 Å². The maximum Gasteiger partial charge on any atom is 0.345 e. The van der Waals surface area contributed by atoms with E-state index in [0.29, 0.717) is 21.6 Å². The molecule has 3 aromatic rings. The summed E-state index contributed by atoms with van der Waals surface area (Å²) in [4.78, 5) is 26.4. The quantitative estimate of drug-likeness (QED) is 0.478. The Bertz CT molecular complexity index is 1210. The SMILES string of the molecule is COC(=O)c1ccc2c(c1)Sc1ccc(F)cc1C(OC(=O)[C@H](OC)c1ccccc1)=C2. The first kappa shape index (κ1) is 21.8. The predicted molar refractivity (Wildman–Crippen MR) is 118 cm³/mol. The van der Waals surface area contributed by atoms with E-state index in [4.69, 9.17) is 14.2 Å². The molecule has 0 saturated heterocycles. The minimum absolute atomic E-state index is 0.194. The van der Waals surface area contributed by atoms with Gasteiger partial charge in [-0.2, -0.15) is 0 Å². The summed E-state index contributed by atoms with van der Waals surface area (Å²) in [5.41, 5.74) is 2.18. The first-order valence-electron chi connectivity index (χ1n) is 9.71. The summed E-state index contributed by atoms with van der Waals surface area (Å²) in [6.07, 6.45) is 0.718. The van der Waals surface area contributed by atoms with Crippen molar-refractivity contribution in [2.75, 3.05) is 14.2 Å². The van der Waals surface area contributed by atoms with Gasteiger partial charge in [0, 0.05) is 22.5 Å². The van der Waals surface area contributed by atoms with Gasteiger partial charge in [0.15, 0.2) is 6.10 Å². The van der Waals surface area contributed by atoms with Crippen LogP contribution in [0.25, 0.3) is 11.8 Å². The van der Waals surface area contributed by atoms with Crippen LogP contribution in [0.4, 0.5) is 4.39 Å². The molecule has 1 aliphatic heterocycles. The molecule has 1 heterocycles. The van der Waals surface area contributed by atoms with E-state index in [-0.39, 0.29) is 5.76 Å². The molecule has 0 amide bonds. The van der Waals surface area contributed by atoms with Crippen molar-refractivity contribution < 1.29 is 28.2 Å². The lowest BCUT2D eigenvalue weighted by Crippen LogP contribution is -2.17. The van der Waals surface area contributed by atoms with Crippen molar-refractivity contribution in [2.45, 2.75) is 15.9 Å². The second kappa shape index (κ2) is 9.38. The van der Waals surface area contributed by atoms with E-state index < -0.39 is 23.9 Å². The normalized spacial score (nSPS) is 13.2. The molecule has 1 atom stereocenters. The Morgan fingerprint density at radius 1 is 0.938 bits per heavy atom. The zero-order chi connectivity index (χ0) is 22.7. The van der Waals surface area contributed by atoms with E-state index in [9.17, 15) is 14.0 Å². The number of carbonyl (C=O) groups excluding carboxylic acids is 2. The summed E-state index contributed by atoms with van der Waals surface area (Å²) in [6, 6.07) is 18.3. The largest absolute Gasteiger partial charge is 0.465 e. The average Bonchev–Trinajstić information content (AvgIpc) is 2.95. The number of fused-ring (bicyclic) bond motifs is 2. The lowest BCUT2D eigenvalue weighted by molar-refractivity contribution is -0.148. The molecule has 0 unspecified atom stereocenters. The molecular formula is C25H19FO5S. The van der Waals surface area contributed by atoms with Crippen molar-refractivity contribution >= 4 is 35.5 Å². The van der Waals surface area contributed by atoms with Crippen LogP contribution in [0.15, 0.2) is 76.5 Å². The van der Waals surface area contributed by atoms with Crippen molar-refractivity contribution in [3.05, 3.63) is 94.8 Å². The van der Waals surface area contributed by atoms with E-state index in [1.807, 2.05) is 6.07 Å². The second-order valence-corrected chi connectivity index (χ2v) is 8.03. The standard InChI is InChI=1S/C25H19FO5S/c1-29-23(15-6-4-3-5-7-15)25(28)31-20-12-16-8-9-17(24(27)30-2)13-22(16)32-21-11-10-18(26)14-19(20)21/h3-14,23H,1-2H3/t23-/m1/s1. The number of halogens is 1. The van der Waals surface area contributed by atoms with Crippen LogP contribution in [0, 0.1) is 5.82 Å². The Morgan fingerprint density at radius 3 is 2.44 bits per heavy atom. The lowest BCUT2D eigenvalue weighted by atomic mass is 10.1. The molecular weight excluding hydrogens is 431 g/mol. The van der Waals surface area contributed by atoms with E-state index in [1.165, 1.54) is 38.1 Å². The van der Waals surface area contributed by atoms with Crippen LogP contribution < -0.4 is 0 Å². The van der Waals surface area contributed by atoms with Crippen molar-refractivity contribution in [1.82, 2.24) is 0 Å². The maximum atomic E-state index is 14.1. The van der Waals surface area contributed by atoms with Crippen molar-refractivity contribution in [3.8, 4) is 0 Å². The summed E-state index contributed by atoms with van der Waals surface area (Å²) in [5, 5.41) is 0. The number of esters is 2. The summed E-state index contributed by atoms with van der Waals surface area (Å²) in [5.74, 6) is -1.35. The second-order valence-electron chi connectivity index (χ2n) is 6.94. The molecule has 0 saturated carbocycles. The van der Waals surface area contributed by atoms with Gasteiger partial charge < -0.3 is 14.2 Å². The van der Waals surface area contributed by atoms with Crippen LogP contribution in [0.2, 0.25) is 0 Å². The molecule has 0 fully saturated rings. The van der Waals surface area contributed by atoms with Crippen molar-refractivity contribution in [3.63, 3.8) is 0 Å². The predicted octanol–water partition coefficient (Wildman–Crippen LogP) is 5.51. The van der Waals surface area contributed by atoms with Gasteiger partial charge in [-0.25, -0.2) is 14.0 Å².